The minimum absolute atomic E-state index is 0.134. The zero-order valence-electron chi connectivity index (χ0n) is 11.5. The molecule has 0 saturated heterocycles. The Bertz CT molecular complexity index is 400. The molecule has 1 rings (SSSR count). The van der Waals surface area contributed by atoms with Gasteiger partial charge in [0.25, 0.3) is 5.91 Å². The largest absolute Gasteiger partial charge is 0.295 e. The molecular weight excluding hydrogens is 228 g/mol. The number of nitrogens with zero attached hydrogens (tertiary/aromatic N) is 2. The van der Waals surface area contributed by atoms with Gasteiger partial charge in [-0.3, -0.25) is 20.1 Å². The van der Waals surface area contributed by atoms with Crippen LogP contribution in [0.1, 0.15) is 43.2 Å². The van der Waals surface area contributed by atoms with E-state index in [4.69, 9.17) is 5.84 Å². The molecule has 1 amide bonds. The van der Waals surface area contributed by atoms with Gasteiger partial charge in [0.15, 0.2) is 0 Å². The van der Waals surface area contributed by atoms with Crippen molar-refractivity contribution in [1.82, 2.24) is 15.3 Å². The van der Waals surface area contributed by atoms with Crippen molar-refractivity contribution >= 4 is 5.91 Å². The molecule has 0 aliphatic heterocycles. The SMILES string of the molecule is CCC(C)(C)N(C)Cc1ccc(C(=O)NN)cn1. The molecule has 0 unspecified atom stereocenters. The molecule has 0 saturated carbocycles. The Labute approximate surface area is 108 Å². The van der Waals surface area contributed by atoms with E-state index in [9.17, 15) is 4.79 Å². The maximum absolute atomic E-state index is 11.3. The van der Waals surface area contributed by atoms with Gasteiger partial charge in [0.1, 0.15) is 0 Å². The van der Waals surface area contributed by atoms with Gasteiger partial charge < -0.3 is 0 Å². The molecule has 0 aromatic carbocycles. The molecule has 100 valence electrons. The van der Waals surface area contributed by atoms with E-state index in [2.05, 4.69) is 43.1 Å². The van der Waals surface area contributed by atoms with Crippen LogP contribution in [0.5, 0.6) is 0 Å². The van der Waals surface area contributed by atoms with Gasteiger partial charge in [-0.05, 0) is 39.4 Å². The number of pyridine rings is 1. The van der Waals surface area contributed by atoms with Crippen LogP contribution >= 0.6 is 0 Å². The molecule has 0 spiro atoms. The average Bonchev–Trinajstić information content (AvgIpc) is 2.38. The highest BCUT2D eigenvalue weighted by atomic mass is 16.2. The highest BCUT2D eigenvalue weighted by Crippen LogP contribution is 2.18. The van der Waals surface area contributed by atoms with E-state index in [1.54, 1.807) is 12.3 Å². The Morgan fingerprint density at radius 3 is 2.61 bits per heavy atom. The maximum atomic E-state index is 11.3. The highest BCUT2D eigenvalue weighted by Gasteiger charge is 2.21. The lowest BCUT2D eigenvalue weighted by Gasteiger charge is -2.34. The first-order valence-corrected chi connectivity index (χ1v) is 6.08. The van der Waals surface area contributed by atoms with Crippen LogP contribution < -0.4 is 11.3 Å². The van der Waals surface area contributed by atoms with Gasteiger partial charge >= 0.3 is 0 Å². The molecule has 0 aliphatic carbocycles. The van der Waals surface area contributed by atoms with Crippen LogP contribution in [0, 0.1) is 0 Å². The Kier molecular flexibility index (Phi) is 4.81. The summed E-state index contributed by atoms with van der Waals surface area (Å²) in [5, 5.41) is 0. The molecule has 1 aromatic heterocycles. The van der Waals surface area contributed by atoms with Crippen molar-refractivity contribution in [3.05, 3.63) is 29.6 Å². The molecule has 18 heavy (non-hydrogen) atoms. The summed E-state index contributed by atoms with van der Waals surface area (Å²) in [6.07, 6.45) is 2.61. The molecule has 1 heterocycles. The Morgan fingerprint density at radius 2 is 2.17 bits per heavy atom. The normalized spacial score (nSPS) is 11.7. The number of aromatic nitrogens is 1. The smallest absolute Gasteiger partial charge is 0.266 e. The molecule has 5 nitrogen and oxygen atoms in total. The van der Waals surface area contributed by atoms with E-state index in [0.29, 0.717) is 5.56 Å². The van der Waals surface area contributed by atoms with Gasteiger partial charge in [0.2, 0.25) is 0 Å². The van der Waals surface area contributed by atoms with Gasteiger partial charge in [0.05, 0.1) is 11.3 Å². The first-order chi connectivity index (χ1) is 8.40. The predicted octanol–water partition coefficient (Wildman–Crippen LogP) is 1.31. The zero-order valence-corrected chi connectivity index (χ0v) is 11.5. The summed E-state index contributed by atoms with van der Waals surface area (Å²) in [5.41, 5.74) is 3.63. The summed E-state index contributed by atoms with van der Waals surface area (Å²) in [5.74, 6) is 4.74. The number of nitrogen functional groups attached to an aromatic ring is 1. The lowest BCUT2D eigenvalue weighted by Crippen LogP contribution is -2.40. The summed E-state index contributed by atoms with van der Waals surface area (Å²) >= 11 is 0. The van der Waals surface area contributed by atoms with Crippen LogP contribution in [0.2, 0.25) is 0 Å². The van der Waals surface area contributed by atoms with E-state index < -0.39 is 0 Å². The van der Waals surface area contributed by atoms with Gasteiger partial charge in [-0.2, -0.15) is 0 Å². The minimum atomic E-state index is -0.323. The lowest BCUT2D eigenvalue weighted by atomic mass is 10.00. The average molecular weight is 250 g/mol. The van der Waals surface area contributed by atoms with Gasteiger partial charge in [-0.25, -0.2) is 5.84 Å². The quantitative estimate of drug-likeness (QED) is 0.469. The van der Waals surface area contributed by atoms with E-state index in [1.807, 2.05) is 6.07 Å². The summed E-state index contributed by atoms with van der Waals surface area (Å²) in [7, 11) is 2.08. The van der Waals surface area contributed by atoms with Crippen LogP contribution in [-0.2, 0) is 6.54 Å². The zero-order chi connectivity index (χ0) is 13.8. The summed E-state index contributed by atoms with van der Waals surface area (Å²) in [4.78, 5) is 17.8. The summed E-state index contributed by atoms with van der Waals surface area (Å²) in [6, 6.07) is 3.59. The second kappa shape index (κ2) is 5.93. The number of hydrogen-bond acceptors (Lipinski definition) is 4. The van der Waals surface area contributed by atoms with Crippen molar-refractivity contribution in [1.29, 1.82) is 0 Å². The van der Waals surface area contributed by atoms with Crippen molar-refractivity contribution in [3.8, 4) is 0 Å². The highest BCUT2D eigenvalue weighted by molar-refractivity contribution is 5.93. The summed E-state index contributed by atoms with van der Waals surface area (Å²) < 4.78 is 0. The number of rotatable bonds is 5. The van der Waals surface area contributed by atoms with Crippen molar-refractivity contribution in [2.24, 2.45) is 5.84 Å². The van der Waals surface area contributed by atoms with Crippen molar-refractivity contribution in [3.63, 3.8) is 0 Å². The topological polar surface area (TPSA) is 71.2 Å². The molecule has 0 radical (unpaired) electrons. The van der Waals surface area contributed by atoms with E-state index >= 15 is 0 Å². The molecule has 0 bridgehead atoms. The first kappa shape index (κ1) is 14.6. The number of carbonyl (C=O) groups is 1. The molecule has 0 atom stereocenters. The third-order valence-electron chi connectivity index (χ3n) is 3.52. The minimum Gasteiger partial charge on any atom is -0.295 e. The summed E-state index contributed by atoms with van der Waals surface area (Å²) in [6.45, 7) is 7.32. The van der Waals surface area contributed by atoms with E-state index in [-0.39, 0.29) is 11.4 Å². The predicted molar refractivity (Wildman–Crippen MR) is 71.7 cm³/mol. The number of nitrogens with one attached hydrogen (secondary N) is 1. The van der Waals surface area contributed by atoms with Gasteiger partial charge in [0, 0.05) is 18.3 Å². The van der Waals surface area contributed by atoms with Gasteiger partial charge in [-0.15, -0.1) is 0 Å². The number of carbonyl (C=O) groups excluding carboxylic acids is 1. The second-order valence-electron chi connectivity index (χ2n) is 5.03. The van der Waals surface area contributed by atoms with Crippen molar-refractivity contribution in [2.45, 2.75) is 39.3 Å². The van der Waals surface area contributed by atoms with Crippen LogP contribution in [0.3, 0.4) is 0 Å². The maximum Gasteiger partial charge on any atom is 0.266 e. The monoisotopic (exact) mass is 250 g/mol. The fourth-order valence-corrected chi connectivity index (χ4v) is 1.46. The Hall–Kier alpha value is -1.46. The van der Waals surface area contributed by atoms with E-state index in [1.165, 1.54) is 0 Å². The third kappa shape index (κ3) is 3.51. The lowest BCUT2D eigenvalue weighted by molar-refractivity contribution is 0.0953. The fraction of sp³-hybridized carbons (Fsp3) is 0.538. The molecule has 0 aliphatic rings. The van der Waals surface area contributed by atoms with E-state index in [0.717, 1.165) is 18.7 Å². The third-order valence-corrected chi connectivity index (χ3v) is 3.52. The van der Waals surface area contributed by atoms with Gasteiger partial charge in [-0.1, -0.05) is 6.92 Å². The number of hydrazine groups is 1. The first-order valence-electron chi connectivity index (χ1n) is 6.08. The molecule has 3 N–H and O–H groups in total. The molecule has 0 fully saturated rings. The second-order valence-corrected chi connectivity index (χ2v) is 5.03. The molecule has 5 heteroatoms. The number of hydrogen-bond donors (Lipinski definition) is 2. The molecular formula is C13H22N4O. The van der Waals surface area contributed by atoms with Crippen molar-refractivity contribution < 1.29 is 4.79 Å². The molecule has 1 aromatic rings. The number of nitrogens with two attached hydrogens (primary N) is 1. The van der Waals surface area contributed by atoms with Crippen LogP contribution in [0.15, 0.2) is 18.3 Å². The van der Waals surface area contributed by atoms with Crippen LogP contribution in [0.25, 0.3) is 0 Å². The van der Waals surface area contributed by atoms with Crippen LogP contribution in [0.4, 0.5) is 0 Å². The van der Waals surface area contributed by atoms with Crippen LogP contribution in [-0.4, -0.2) is 28.4 Å². The Balaban J connectivity index is 2.72. The number of amides is 1. The van der Waals surface area contributed by atoms with Crippen molar-refractivity contribution in [2.75, 3.05) is 7.05 Å². The fourth-order valence-electron chi connectivity index (χ4n) is 1.46. The Morgan fingerprint density at radius 1 is 1.50 bits per heavy atom. The standard InChI is InChI=1S/C13H22N4O/c1-5-13(2,3)17(4)9-11-7-6-10(8-15-11)12(18)16-14/h6-8H,5,9,14H2,1-4H3,(H,16,18).